The highest BCUT2D eigenvalue weighted by Gasteiger charge is 2.48. The molecule has 1 heterocycles. The maximum atomic E-state index is 13.1. The van der Waals surface area contributed by atoms with Crippen LogP contribution in [-0.4, -0.2) is 24.0 Å². The molecular formula is C20H18F6N2O3. The molecular weight excluding hydrogens is 430 g/mol. The van der Waals surface area contributed by atoms with Crippen LogP contribution in [0, 0.1) is 0 Å². The predicted molar refractivity (Wildman–Crippen MR) is 96.6 cm³/mol. The zero-order valence-corrected chi connectivity index (χ0v) is 16.0. The molecule has 5 nitrogen and oxygen atoms in total. The van der Waals surface area contributed by atoms with Crippen molar-refractivity contribution in [3.8, 4) is 0 Å². The van der Waals surface area contributed by atoms with Crippen LogP contribution in [0.5, 0.6) is 0 Å². The second-order valence-electron chi connectivity index (χ2n) is 7.13. The number of benzene rings is 2. The Morgan fingerprint density at radius 1 is 1.03 bits per heavy atom. The zero-order chi connectivity index (χ0) is 23.0. The summed E-state index contributed by atoms with van der Waals surface area (Å²) < 4.78 is 84.2. The van der Waals surface area contributed by atoms with E-state index in [0.717, 1.165) is 0 Å². The summed E-state index contributed by atoms with van der Waals surface area (Å²) >= 11 is 0. The number of amides is 2. The first-order chi connectivity index (χ1) is 14.3. The van der Waals surface area contributed by atoms with E-state index < -0.39 is 54.0 Å². The zero-order valence-electron chi connectivity index (χ0n) is 16.0. The third-order valence-electron chi connectivity index (χ3n) is 5.00. The third-order valence-corrected chi connectivity index (χ3v) is 5.00. The van der Waals surface area contributed by atoms with Gasteiger partial charge in [0.05, 0.1) is 23.8 Å². The SMILES string of the molecule is C[C@@H](OC[C@]1(c2ccccc2)NC(=O)N[C@H]1O)c1cc(C(F)(F)F)cc(C(F)(F)F)c1. The maximum Gasteiger partial charge on any atom is 0.416 e. The summed E-state index contributed by atoms with van der Waals surface area (Å²) in [6, 6.07) is 8.65. The Morgan fingerprint density at radius 2 is 1.58 bits per heavy atom. The van der Waals surface area contributed by atoms with Crippen LogP contribution in [0.15, 0.2) is 48.5 Å². The van der Waals surface area contributed by atoms with E-state index in [0.29, 0.717) is 17.7 Å². The standard InChI is InChI=1S/C20H18F6N2O3/c1-11(12-7-14(19(21,22)23)9-15(8-12)20(24,25)26)31-10-18(13-5-3-2-4-6-13)16(29)27-17(30)28-18/h2-9,11,16,29H,10H2,1H3,(H2,27,28,30)/t11-,16+,18-/m1/s1. The van der Waals surface area contributed by atoms with Crippen LogP contribution >= 0.6 is 0 Å². The van der Waals surface area contributed by atoms with E-state index in [1.807, 2.05) is 0 Å². The second kappa shape index (κ2) is 8.04. The second-order valence-corrected chi connectivity index (χ2v) is 7.13. The molecule has 11 heteroatoms. The van der Waals surface area contributed by atoms with Crippen LogP contribution in [0.2, 0.25) is 0 Å². The highest BCUT2D eigenvalue weighted by molar-refractivity contribution is 5.78. The largest absolute Gasteiger partial charge is 0.416 e. The number of halogens is 6. The normalized spacial score (nSPS) is 22.7. The Labute approximate surface area is 173 Å². The van der Waals surface area contributed by atoms with Crippen molar-refractivity contribution < 1.29 is 41.0 Å². The van der Waals surface area contributed by atoms with Gasteiger partial charge in [-0.05, 0) is 36.2 Å². The molecule has 31 heavy (non-hydrogen) atoms. The van der Waals surface area contributed by atoms with E-state index in [9.17, 15) is 36.2 Å². The van der Waals surface area contributed by atoms with Crippen LogP contribution in [0.3, 0.4) is 0 Å². The lowest BCUT2D eigenvalue weighted by Crippen LogP contribution is -2.50. The van der Waals surface area contributed by atoms with Crippen molar-refractivity contribution in [2.75, 3.05) is 6.61 Å². The lowest BCUT2D eigenvalue weighted by Gasteiger charge is -2.33. The van der Waals surface area contributed by atoms with Crippen molar-refractivity contribution in [2.45, 2.75) is 37.1 Å². The molecule has 2 amide bonds. The minimum Gasteiger partial charge on any atom is -0.371 e. The number of nitrogens with one attached hydrogen (secondary N) is 2. The molecule has 0 unspecified atom stereocenters. The van der Waals surface area contributed by atoms with Crippen LogP contribution in [0.1, 0.15) is 35.3 Å². The van der Waals surface area contributed by atoms with E-state index in [2.05, 4.69) is 10.6 Å². The van der Waals surface area contributed by atoms with Crippen molar-refractivity contribution >= 4 is 6.03 Å². The molecule has 0 aliphatic carbocycles. The number of hydrogen-bond acceptors (Lipinski definition) is 3. The Balaban J connectivity index is 1.92. The van der Waals surface area contributed by atoms with Gasteiger partial charge < -0.3 is 20.5 Å². The Bertz CT molecular complexity index is 916. The fourth-order valence-electron chi connectivity index (χ4n) is 3.28. The van der Waals surface area contributed by atoms with Gasteiger partial charge in [0, 0.05) is 0 Å². The number of ether oxygens (including phenoxy) is 1. The van der Waals surface area contributed by atoms with E-state index in [4.69, 9.17) is 4.74 Å². The molecule has 0 bridgehead atoms. The summed E-state index contributed by atoms with van der Waals surface area (Å²) in [4.78, 5) is 11.8. The third kappa shape index (κ3) is 4.77. The van der Waals surface area contributed by atoms with Gasteiger partial charge in [0.1, 0.15) is 5.54 Å². The number of urea groups is 1. The topological polar surface area (TPSA) is 70.6 Å². The van der Waals surface area contributed by atoms with Crippen molar-refractivity contribution in [2.24, 2.45) is 0 Å². The van der Waals surface area contributed by atoms with E-state index >= 15 is 0 Å². The Kier molecular flexibility index (Phi) is 5.94. The van der Waals surface area contributed by atoms with Crippen LogP contribution in [0.4, 0.5) is 31.1 Å². The number of aliphatic hydroxyl groups excluding tert-OH is 1. The molecule has 1 fully saturated rings. The first kappa shape index (κ1) is 22.9. The predicted octanol–water partition coefficient (Wildman–Crippen LogP) is 4.33. The molecule has 1 saturated heterocycles. The van der Waals surface area contributed by atoms with Gasteiger partial charge in [0.25, 0.3) is 0 Å². The lowest BCUT2D eigenvalue weighted by molar-refractivity contribution is -0.143. The average molecular weight is 448 g/mol. The molecule has 0 saturated carbocycles. The molecule has 0 spiro atoms. The number of hydrogen-bond donors (Lipinski definition) is 3. The minimum atomic E-state index is -4.99. The van der Waals surface area contributed by atoms with Gasteiger partial charge in [0.15, 0.2) is 6.23 Å². The Hall–Kier alpha value is -2.79. The summed E-state index contributed by atoms with van der Waals surface area (Å²) in [7, 11) is 0. The van der Waals surface area contributed by atoms with Gasteiger partial charge in [-0.25, -0.2) is 4.79 Å². The summed E-state index contributed by atoms with van der Waals surface area (Å²) in [6.07, 6.45) is -12.6. The molecule has 1 aliphatic rings. The maximum absolute atomic E-state index is 13.1. The molecule has 2 aromatic rings. The van der Waals surface area contributed by atoms with Gasteiger partial charge in [-0.2, -0.15) is 26.3 Å². The summed E-state index contributed by atoms with van der Waals surface area (Å²) in [6.45, 7) is 0.862. The molecule has 3 atom stereocenters. The summed E-state index contributed by atoms with van der Waals surface area (Å²) in [5, 5.41) is 15.2. The number of rotatable bonds is 5. The molecule has 0 aromatic heterocycles. The van der Waals surface area contributed by atoms with Crippen LogP contribution < -0.4 is 10.6 Å². The number of aliphatic hydroxyl groups is 1. The fraction of sp³-hybridized carbons (Fsp3) is 0.350. The minimum absolute atomic E-state index is 0.0343. The summed E-state index contributed by atoms with van der Waals surface area (Å²) in [5.74, 6) is 0. The highest BCUT2D eigenvalue weighted by atomic mass is 19.4. The number of carbonyl (C=O) groups excluding carboxylic acids is 1. The van der Waals surface area contributed by atoms with E-state index in [1.54, 1.807) is 30.3 Å². The van der Waals surface area contributed by atoms with Gasteiger partial charge in [-0.1, -0.05) is 30.3 Å². The molecule has 2 aromatic carbocycles. The number of alkyl halides is 6. The lowest BCUT2D eigenvalue weighted by atomic mass is 9.90. The quantitative estimate of drug-likeness (QED) is 0.597. The molecule has 3 N–H and O–H groups in total. The van der Waals surface area contributed by atoms with E-state index in [1.165, 1.54) is 6.92 Å². The van der Waals surface area contributed by atoms with E-state index in [-0.39, 0.29) is 11.6 Å². The van der Waals surface area contributed by atoms with Crippen molar-refractivity contribution in [3.05, 3.63) is 70.8 Å². The van der Waals surface area contributed by atoms with Crippen LogP contribution in [0.25, 0.3) is 0 Å². The first-order valence-corrected chi connectivity index (χ1v) is 9.06. The molecule has 3 rings (SSSR count). The van der Waals surface area contributed by atoms with Crippen molar-refractivity contribution in [1.29, 1.82) is 0 Å². The van der Waals surface area contributed by atoms with Crippen molar-refractivity contribution in [1.82, 2.24) is 10.6 Å². The highest BCUT2D eigenvalue weighted by Crippen LogP contribution is 2.38. The molecule has 0 radical (unpaired) electrons. The summed E-state index contributed by atoms with van der Waals surface area (Å²) in [5.41, 5.74) is -4.31. The van der Waals surface area contributed by atoms with Gasteiger partial charge in [-0.15, -0.1) is 0 Å². The molecule has 168 valence electrons. The average Bonchev–Trinajstić information content (AvgIpc) is 2.99. The van der Waals surface area contributed by atoms with Crippen LogP contribution in [-0.2, 0) is 22.6 Å². The first-order valence-electron chi connectivity index (χ1n) is 9.06. The monoisotopic (exact) mass is 448 g/mol. The van der Waals surface area contributed by atoms with Crippen molar-refractivity contribution in [3.63, 3.8) is 0 Å². The van der Waals surface area contributed by atoms with Gasteiger partial charge in [0.2, 0.25) is 0 Å². The fourth-order valence-corrected chi connectivity index (χ4v) is 3.28. The number of carbonyl (C=O) groups is 1. The van der Waals surface area contributed by atoms with Gasteiger partial charge in [-0.3, -0.25) is 0 Å². The Morgan fingerprint density at radius 3 is 2.03 bits per heavy atom. The molecule has 1 aliphatic heterocycles. The van der Waals surface area contributed by atoms with Gasteiger partial charge >= 0.3 is 18.4 Å². The smallest absolute Gasteiger partial charge is 0.371 e.